The van der Waals surface area contributed by atoms with E-state index >= 15 is 0 Å². The number of hydrazine groups is 1. The Morgan fingerprint density at radius 1 is 1.50 bits per heavy atom. The summed E-state index contributed by atoms with van der Waals surface area (Å²) in [6.45, 7) is 1.43. The fraction of sp³-hybridized carbons (Fsp3) is 0.889. The van der Waals surface area contributed by atoms with E-state index in [0.717, 1.165) is 32.2 Å². The number of carboxylic acid groups (broad SMARTS) is 1. The Balaban J connectivity index is 2.22. The number of rotatable bonds is 5. The lowest BCUT2D eigenvalue weighted by molar-refractivity contribution is -0.143. The molecule has 0 aromatic rings. The van der Waals surface area contributed by atoms with Crippen LogP contribution in [0.25, 0.3) is 0 Å². The summed E-state index contributed by atoms with van der Waals surface area (Å²) >= 11 is 0. The molecule has 0 saturated heterocycles. The maximum atomic E-state index is 10.8. The number of aliphatic carboxylic acids is 1. The van der Waals surface area contributed by atoms with Crippen molar-refractivity contribution in [3.8, 4) is 0 Å². The Hall–Kier alpha value is -0.650. The molecule has 1 aliphatic carbocycles. The highest BCUT2D eigenvalue weighted by molar-refractivity contribution is 5.70. The van der Waals surface area contributed by atoms with Crippen LogP contribution in [0.5, 0.6) is 0 Å². The van der Waals surface area contributed by atoms with Gasteiger partial charge in [-0.2, -0.15) is 0 Å². The van der Waals surface area contributed by atoms with Gasteiger partial charge in [0, 0.05) is 0 Å². The van der Waals surface area contributed by atoms with Gasteiger partial charge in [-0.05, 0) is 31.7 Å². The van der Waals surface area contributed by atoms with E-state index in [1.807, 2.05) is 0 Å². The highest BCUT2D eigenvalue weighted by Crippen LogP contribution is 2.28. The Morgan fingerprint density at radius 3 is 2.93 bits per heavy atom. The maximum absolute atomic E-state index is 10.8. The van der Waals surface area contributed by atoms with Crippen LogP contribution in [0.4, 0.5) is 0 Å². The molecule has 0 aromatic heterocycles. The first kappa shape index (κ1) is 11.4. The third kappa shape index (κ3) is 3.61. The maximum Gasteiger partial charge on any atom is 0.306 e. The van der Waals surface area contributed by atoms with Gasteiger partial charge >= 0.3 is 5.97 Å². The van der Waals surface area contributed by atoms with Crippen LogP contribution >= 0.6 is 0 Å². The molecular weight excluding hydrogens is 182 g/mol. The molecule has 5 N–H and O–H groups in total. The second-order valence-corrected chi connectivity index (χ2v) is 3.90. The third-order valence-electron chi connectivity index (χ3n) is 2.79. The molecule has 0 spiro atoms. The van der Waals surface area contributed by atoms with E-state index in [1.54, 1.807) is 0 Å². The van der Waals surface area contributed by atoms with Gasteiger partial charge in [0.25, 0.3) is 0 Å². The normalized spacial score (nSPS) is 27.5. The molecule has 1 rings (SSSR count). The summed E-state index contributed by atoms with van der Waals surface area (Å²) in [7, 11) is 0. The minimum atomic E-state index is -0.647. The summed E-state index contributed by atoms with van der Waals surface area (Å²) in [5.41, 5.74) is 2.51. The summed E-state index contributed by atoms with van der Waals surface area (Å²) in [5, 5.41) is 12.0. The van der Waals surface area contributed by atoms with Crippen LogP contribution in [0.1, 0.15) is 25.7 Å². The van der Waals surface area contributed by atoms with Crippen molar-refractivity contribution in [2.75, 3.05) is 13.2 Å². The lowest BCUT2D eigenvalue weighted by Gasteiger charge is -2.26. The zero-order chi connectivity index (χ0) is 10.4. The fourth-order valence-corrected chi connectivity index (χ4v) is 2.05. The zero-order valence-corrected chi connectivity index (χ0v) is 8.33. The van der Waals surface area contributed by atoms with Crippen molar-refractivity contribution in [3.63, 3.8) is 0 Å². The molecular formula is C9H19N3O2. The highest BCUT2D eigenvalue weighted by Gasteiger charge is 2.26. The van der Waals surface area contributed by atoms with E-state index in [4.69, 9.17) is 10.9 Å². The molecule has 0 heterocycles. The second kappa shape index (κ2) is 5.95. The van der Waals surface area contributed by atoms with Crippen LogP contribution < -0.4 is 16.6 Å². The molecule has 0 radical (unpaired) electrons. The average Bonchev–Trinajstić information content (AvgIpc) is 2.19. The van der Waals surface area contributed by atoms with Crippen LogP contribution in [0.15, 0.2) is 0 Å². The van der Waals surface area contributed by atoms with Gasteiger partial charge < -0.3 is 10.4 Å². The van der Waals surface area contributed by atoms with E-state index in [9.17, 15) is 4.79 Å². The Labute approximate surface area is 84.0 Å². The summed E-state index contributed by atoms with van der Waals surface area (Å²) in [4.78, 5) is 10.8. The minimum absolute atomic E-state index is 0.138. The predicted octanol–water partition coefficient (Wildman–Crippen LogP) is -0.112. The van der Waals surface area contributed by atoms with E-state index < -0.39 is 5.97 Å². The van der Waals surface area contributed by atoms with Crippen LogP contribution in [0.3, 0.4) is 0 Å². The molecule has 0 aliphatic heterocycles. The summed E-state index contributed by atoms with van der Waals surface area (Å²) in [6, 6.07) is 0. The predicted molar refractivity (Wildman–Crippen MR) is 53.3 cm³/mol. The van der Waals surface area contributed by atoms with Crippen LogP contribution in [-0.4, -0.2) is 24.3 Å². The van der Waals surface area contributed by atoms with Gasteiger partial charge in [0.15, 0.2) is 0 Å². The SMILES string of the molecule is NNCNC[C@H]1CCC[C@@H](C(=O)O)C1. The summed E-state index contributed by atoms with van der Waals surface area (Å²) in [5.74, 6) is 4.81. The molecule has 0 aromatic carbocycles. The molecule has 5 nitrogen and oxygen atoms in total. The van der Waals surface area contributed by atoms with Crippen molar-refractivity contribution in [1.82, 2.24) is 10.7 Å². The van der Waals surface area contributed by atoms with Crippen LogP contribution in [0, 0.1) is 11.8 Å². The van der Waals surface area contributed by atoms with Crippen LogP contribution in [0.2, 0.25) is 0 Å². The Morgan fingerprint density at radius 2 is 2.29 bits per heavy atom. The standard InChI is InChI=1S/C9H19N3O2/c10-12-6-11-5-7-2-1-3-8(4-7)9(13)14/h7-8,11-12H,1-6,10H2,(H,13,14)/t7-,8+/m0/s1. The number of hydrogen-bond acceptors (Lipinski definition) is 4. The second-order valence-electron chi connectivity index (χ2n) is 3.90. The molecule has 82 valence electrons. The molecule has 14 heavy (non-hydrogen) atoms. The monoisotopic (exact) mass is 201 g/mol. The Bertz CT molecular complexity index is 187. The van der Waals surface area contributed by atoms with E-state index in [1.165, 1.54) is 0 Å². The number of hydrogen-bond donors (Lipinski definition) is 4. The average molecular weight is 201 g/mol. The van der Waals surface area contributed by atoms with Gasteiger partial charge in [-0.25, -0.2) is 5.43 Å². The number of nitrogens with one attached hydrogen (secondary N) is 2. The van der Waals surface area contributed by atoms with Gasteiger partial charge in [-0.3, -0.25) is 10.6 Å². The largest absolute Gasteiger partial charge is 0.481 e. The highest BCUT2D eigenvalue weighted by atomic mass is 16.4. The summed E-state index contributed by atoms with van der Waals surface area (Å²) < 4.78 is 0. The van der Waals surface area contributed by atoms with Crippen molar-refractivity contribution in [2.45, 2.75) is 25.7 Å². The molecule has 1 fully saturated rings. The fourth-order valence-electron chi connectivity index (χ4n) is 2.05. The van der Waals surface area contributed by atoms with E-state index in [2.05, 4.69) is 10.7 Å². The first-order valence-electron chi connectivity index (χ1n) is 5.11. The van der Waals surface area contributed by atoms with E-state index in [0.29, 0.717) is 12.6 Å². The van der Waals surface area contributed by atoms with Gasteiger partial charge in [-0.15, -0.1) is 0 Å². The zero-order valence-electron chi connectivity index (χ0n) is 8.33. The van der Waals surface area contributed by atoms with Crippen molar-refractivity contribution in [1.29, 1.82) is 0 Å². The summed E-state index contributed by atoms with van der Waals surface area (Å²) in [6.07, 6.45) is 3.79. The lowest BCUT2D eigenvalue weighted by atomic mass is 9.81. The molecule has 0 bridgehead atoms. The van der Waals surface area contributed by atoms with Gasteiger partial charge in [0.2, 0.25) is 0 Å². The van der Waals surface area contributed by atoms with Crippen molar-refractivity contribution in [3.05, 3.63) is 0 Å². The van der Waals surface area contributed by atoms with Crippen molar-refractivity contribution >= 4 is 5.97 Å². The molecule has 2 atom stereocenters. The van der Waals surface area contributed by atoms with Gasteiger partial charge in [0.05, 0.1) is 12.6 Å². The smallest absolute Gasteiger partial charge is 0.306 e. The molecule has 1 saturated carbocycles. The first-order chi connectivity index (χ1) is 6.74. The van der Waals surface area contributed by atoms with E-state index in [-0.39, 0.29) is 5.92 Å². The van der Waals surface area contributed by atoms with Gasteiger partial charge in [-0.1, -0.05) is 6.42 Å². The molecule has 0 amide bonds. The quantitative estimate of drug-likeness (QED) is 0.216. The van der Waals surface area contributed by atoms with Crippen molar-refractivity contribution in [2.24, 2.45) is 17.7 Å². The topological polar surface area (TPSA) is 87.4 Å². The number of nitrogens with two attached hydrogens (primary N) is 1. The van der Waals surface area contributed by atoms with Crippen molar-refractivity contribution < 1.29 is 9.90 Å². The van der Waals surface area contributed by atoms with Gasteiger partial charge in [0.1, 0.15) is 0 Å². The van der Waals surface area contributed by atoms with Crippen LogP contribution in [-0.2, 0) is 4.79 Å². The Kier molecular flexibility index (Phi) is 4.86. The third-order valence-corrected chi connectivity index (χ3v) is 2.79. The first-order valence-corrected chi connectivity index (χ1v) is 5.11. The number of carbonyl (C=O) groups is 1. The molecule has 1 aliphatic rings. The molecule has 0 unspecified atom stereocenters. The number of carboxylic acids is 1. The lowest BCUT2D eigenvalue weighted by Crippen LogP contribution is -2.37. The minimum Gasteiger partial charge on any atom is -0.481 e. The molecule has 5 heteroatoms.